The van der Waals surface area contributed by atoms with Crippen LogP contribution in [0.4, 0.5) is 0 Å². The van der Waals surface area contributed by atoms with Gasteiger partial charge in [-0.2, -0.15) is 0 Å². The fourth-order valence-corrected chi connectivity index (χ4v) is 2.47. The highest BCUT2D eigenvalue weighted by atomic mass is 16.3. The van der Waals surface area contributed by atoms with Crippen LogP contribution in [0.25, 0.3) is 10.8 Å². The second kappa shape index (κ2) is 6.58. The predicted octanol–water partition coefficient (Wildman–Crippen LogP) is 4.17. The number of rotatable bonds is 6. The lowest BCUT2D eigenvalue weighted by atomic mass is 10.0. The fourth-order valence-electron chi connectivity index (χ4n) is 2.47. The zero-order valence-corrected chi connectivity index (χ0v) is 11.9. The molecule has 102 valence electrons. The average Bonchev–Trinajstić information content (AvgIpc) is 2.42. The second-order valence-corrected chi connectivity index (χ2v) is 5.23. The number of phenols is 1. The van der Waals surface area contributed by atoms with Crippen LogP contribution in [0, 0.1) is 0 Å². The SMILES string of the molecule is CCCCCN(C)Cc1c(O)ccc2ccccc12. The summed E-state index contributed by atoms with van der Waals surface area (Å²) in [7, 11) is 2.12. The highest BCUT2D eigenvalue weighted by molar-refractivity contribution is 5.87. The van der Waals surface area contributed by atoms with Crippen molar-refractivity contribution in [2.45, 2.75) is 32.7 Å². The molecule has 0 aliphatic carbocycles. The molecule has 0 saturated heterocycles. The highest BCUT2D eigenvalue weighted by Gasteiger charge is 2.09. The number of hydrogen-bond donors (Lipinski definition) is 1. The zero-order valence-electron chi connectivity index (χ0n) is 11.9. The van der Waals surface area contributed by atoms with E-state index >= 15 is 0 Å². The van der Waals surface area contributed by atoms with E-state index in [2.05, 4.69) is 31.0 Å². The summed E-state index contributed by atoms with van der Waals surface area (Å²) in [4.78, 5) is 2.29. The molecule has 0 atom stereocenters. The summed E-state index contributed by atoms with van der Waals surface area (Å²) in [6, 6.07) is 12.0. The Labute approximate surface area is 115 Å². The molecule has 2 nitrogen and oxygen atoms in total. The lowest BCUT2D eigenvalue weighted by molar-refractivity contribution is 0.313. The van der Waals surface area contributed by atoms with Gasteiger partial charge in [0, 0.05) is 12.1 Å². The van der Waals surface area contributed by atoms with Crippen LogP contribution in [0.3, 0.4) is 0 Å². The monoisotopic (exact) mass is 257 g/mol. The van der Waals surface area contributed by atoms with Crippen molar-refractivity contribution < 1.29 is 5.11 Å². The molecule has 2 heteroatoms. The first-order chi connectivity index (χ1) is 9.22. The summed E-state index contributed by atoms with van der Waals surface area (Å²) < 4.78 is 0. The summed E-state index contributed by atoms with van der Waals surface area (Å²) >= 11 is 0. The Morgan fingerprint density at radius 1 is 1.05 bits per heavy atom. The van der Waals surface area contributed by atoms with Gasteiger partial charge in [0.1, 0.15) is 5.75 Å². The molecule has 2 aromatic rings. The van der Waals surface area contributed by atoms with Crippen molar-refractivity contribution in [3.8, 4) is 5.75 Å². The Bertz CT molecular complexity index is 536. The minimum absolute atomic E-state index is 0.404. The molecule has 0 saturated carbocycles. The molecule has 0 aromatic heterocycles. The third-order valence-corrected chi connectivity index (χ3v) is 3.59. The molecule has 2 aromatic carbocycles. The van der Waals surface area contributed by atoms with Crippen LogP contribution in [0.15, 0.2) is 36.4 Å². The Kier molecular flexibility index (Phi) is 4.80. The van der Waals surface area contributed by atoms with Crippen molar-refractivity contribution >= 4 is 10.8 Å². The number of unbranched alkanes of at least 4 members (excludes halogenated alkanes) is 2. The zero-order chi connectivity index (χ0) is 13.7. The van der Waals surface area contributed by atoms with Crippen LogP contribution in [-0.2, 0) is 6.54 Å². The number of nitrogens with zero attached hydrogens (tertiary/aromatic N) is 1. The number of fused-ring (bicyclic) bond motifs is 1. The maximum Gasteiger partial charge on any atom is 0.120 e. The third kappa shape index (κ3) is 3.48. The predicted molar refractivity (Wildman–Crippen MR) is 81.5 cm³/mol. The van der Waals surface area contributed by atoms with Crippen molar-refractivity contribution in [2.24, 2.45) is 0 Å². The van der Waals surface area contributed by atoms with Crippen LogP contribution in [0.2, 0.25) is 0 Å². The molecule has 19 heavy (non-hydrogen) atoms. The van der Waals surface area contributed by atoms with E-state index in [1.165, 1.54) is 24.6 Å². The third-order valence-electron chi connectivity index (χ3n) is 3.59. The van der Waals surface area contributed by atoms with Gasteiger partial charge in [0.15, 0.2) is 0 Å². The van der Waals surface area contributed by atoms with Crippen LogP contribution in [-0.4, -0.2) is 23.6 Å². The van der Waals surface area contributed by atoms with Gasteiger partial charge in [0.05, 0.1) is 0 Å². The van der Waals surface area contributed by atoms with Crippen molar-refractivity contribution in [1.82, 2.24) is 4.90 Å². The van der Waals surface area contributed by atoms with E-state index < -0.39 is 0 Å². The van der Waals surface area contributed by atoms with Gasteiger partial charge >= 0.3 is 0 Å². The maximum absolute atomic E-state index is 10.1. The van der Waals surface area contributed by atoms with Gasteiger partial charge in [-0.1, -0.05) is 50.1 Å². The van der Waals surface area contributed by atoms with Crippen LogP contribution >= 0.6 is 0 Å². The maximum atomic E-state index is 10.1. The van der Waals surface area contributed by atoms with Crippen LogP contribution in [0.1, 0.15) is 31.7 Å². The minimum atomic E-state index is 0.404. The summed E-state index contributed by atoms with van der Waals surface area (Å²) in [6.07, 6.45) is 3.73. The Balaban J connectivity index is 2.17. The van der Waals surface area contributed by atoms with Gasteiger partial charge in [-0.25, -0.2) is 0 Å². The standard InChI is InChI=1S/C17H23NO/c1-3-4-7-12-18(2)13-16-15-9-6-5-8-14(15)10-11-17(16)19/h5-6,8-11,19H,3-4,7,12-13H2,1-2H3. The highest BCUT2D eigenvalue weighted by Crippen LogP contribution is 2.28. The summed E-state index contributed by atoms with van der Waals surface area (Å²) in [5.74, 6) is 0.404. The Morgan fingerprint density at radius 2 is 1.84 bits per heavy atom. The van der Waals surface area contributed by atoms with E-state index in [0.717, 1.165) is 24.0 Å². The molecular formula is C17H23NO. The quantitative estimate of drug-likeness (QED) is 0.785. The average molecular weight is 257 g/mol. The van der Waals surface area contributed by atoms with Gasteiger partial charge in [-0.05, 0) is 36.9 Å². The smallest absolute Gasteiger partial charge is 0.120 e. The second-order valence-electron chi connectivity index (χ2n) is 5.23. The molecule has 0 fully saturated rings. The first kappa shape index (κ1) is 13.9. The first-order valence-electron chi connectivity index (χ1n) is 7.10. The minimum Gasteiger partial charge on any atom is -0.508 e. The van der Waals surface area contributed by atoms with E-state index in [9.17, 15) is 5.11 Å². The number of phenolic OH excluding ortho intramolecular Hbond substituents is 1. The summed E-state index contributed by atoms with van der Waals surface area (Å²) in [5, 5.41) is 12.5. The molecule has 0 aliphatic heterocycles. The van der Waals surface area contributed by atoms with Crippen LogP contribution in [0.5, 0.6) is 5.75 Å². The lowest BCUT2D eigenvalue weighted by Gasteiger charge is -2.18. The number of benzene rings is 2. The normalized spacial score (nSPS) is 11.3. The van der Waals surface area contributed by atoms with Crippen molar-refractivity contribution in [3.63, 3.8) is 0 Å². The van der Waals surface area contributed by atoms with Crippen molar-refractivity contribution in [2.75, 3.05) is 13.6 Å². The summed E-state index contributed by atoms with van der Waals surface area (Å²) in [6.45, 7) is 4.10. The molecule has 1 N–H and O–H groups in total. The van der Waals surface area contributed by atoms with Gasteiger partial charge in [0.25, 0.3) is 0 Å². The molecule has 0 spiro atoms. The van der Waals surface area contributed by atoms with E-state index in [-0.39, 0.29) is 0 Å². The Morgan fingerprint density at radius 3 is 2.63 bits per heavy atom. The number of hydrogen-bond acceptors (Lipinski definition) is 2. The van der Waals surface area contributed by atoms with E-state index in [0.29, 0.717) is 5.75 Å². The Hall–Kier alpha value is -1.54. The topological polar surface area (TPSA) is 23.5 Å². The van der Waals surface area contributed by atoms with E-state index in [1.807, 2.05) is 18.2 Å². The molecular weight excluding hydrogens is 234 g/mol. The molecule has 0 amide bonds. The molecule has 0 bridgehead atoms. The fraction of sp³-hybridized carbons (Fsp3) is 0.412. The van der Waals surface area contributed by atoms with Gasteiger partial charge < -0.3 is 10.0 Å². The number of aromatic hydroxyl groups is 1. The van der Waals surface area contributed by atoms with Crippen LogP contribution < -0.4 is 0 Å². The van der Waals surface area contributed by atoms with E-state index in [4.69, 9.17) is 0 Å². The summed E-state index contributed by atoms with van der Waals surface area (Å²) in [5.41, 5.74) is 1.04. The lowest BCUT2D eigenvalue weighted by Crippen LogP contribution is -2.19. The van der Waals surface area contributed by atoms with Crippen molar-refractivity contribution in [3.05, 3.63) is 42.0 Å². The van der Waals surface area contributed by atoms with Gasteiger partial charge in [-0.3, -0.25) is 0 Å². The largest absolute Gasteiger partial charge is 0.508 e. The van der Waals surface area contributed by atoms with E-state index in [1.54, 1.807) is 6.07 Å². The molecule has 0 heterocycles. The van der Waals surface area contributed by atoms with Crippen molar-refractivity contribution in [1.29, 1.82) is 0 Å². The molecule has 0 radical (unpaired) electrons. The molecule has 0 aliphatic rings. The van der Waals surface area contributed by atoms with Gasteiger partial charge in [-0.15, -0.1) is 0 Å². The first-order valence-corrected chi connectivity index (χ1v) is 7.10. The molecule has 2 rings (SSSR count). The molecule has 0 unspecified atom stereocenters. The van der Waals surface area contributed by atoms with Gasteiger partial charge in [0.2, 0.25) is 0 Å².